The molecule has 0 saturated heterocycles. The zero-order valence-corrected chi connectivity index (χ0v) is 17.3. The fraction of sp³-hybridized carbons (Fsp3) is 0.190. The molecule has 0 radical (unpaired) electrons. The van der Waals surface area contributed by atoms with E-state index < -0.39 is 22.8 Å². The Bertz CT molecular complexity index is 1280. The molecule has 6 nitrogen and oxygen atoms in total. The van der Waals surface area contributed by atoms with Gasteiger partial charge in [0, 0.05) is 17.5 Å². The number of nitrogens with zero attached hydrogens (tertiary/aromatic N) is 3. The molecular formula is C21H18F2N4O2S. The lowest BCUT2D eigenvalue weighted by molar-refractivity contribution is -0.115. The lowest BCUT2D eigenvalue weighted by Crippen LogP contribution is -2.23. The van der Waals surface area contributed by atoms with E-state index in [0.717, 1.165) is 34.7 Å². The largest absolute Gasteiger partial charge is 0.497 e. The second-order valence-electron chi connectivity index (χ2n) is 6.76. The molecule has 30 heavy (non-hydrogen) atoms. The summed E-state index contributed by atoms with van der Waals surface area (Å²) in [6, 6.07) is 10.5. The van der Waals surface area contributed by atoms with Crippen molar-refractivity contribution >= 4 is 39.9 Å². The van der Waals surface area contributed by atoms with Gasteiger partial charge in [-0.2, -0.15) is 0 Å². The summed E-state index contributed by atoms with van der Waals surface area (Å²) in [4.78, 5) is 12.6. The maximum absolute atomic E-state index is 13.8. The standard InChI is InChI=1S/C21H18F2N4O2S/c1-11-8-19-25-26-21(27(19)18-10-14(29-3)5-6-15(11)18)30-12(2)20(28)24-17-9-13(22)4-7-16(17)23/h4-10,12H,1-3H3,(H,24,28). The fourth-order valence-corrected chi connectivity index (χ4v) is 4.01. The van der Waals surface area contributed by atoms with Gasteiger partial charge in [-0.05, 0) is 49.7 Å². The van der Waals surface area contributed by atoms with Crippen LogP contribution in [0, 0.1) is 18.6 Å². The molecule has 1 atom stereocenters. The van der Waals surface area contributed by atoms with Crippen LogP contribution in [-0.2, 0) is 4.79 Å². The Morgan fingerprint density at radius 2 is 1.97 bits per heavy atom. The van der Waals surface area contributed by atoms with Crippen LogP contribution in [0.4, 0.5) is 14.5 Å². The number of hydrogen-bond donors (Lipinski definition) is 1. The fourth-order valence-electron chi connectivity index (χ4n) is 3.15. The molecule has 0 bridgehead atoms. The van der Waals surface area contributed by atoms with E-state index in [1.807, 2.05) is 35.6 Å². The molecule has 0 aliphatic carbocycles. The van der Waals surface area contributed by atoms with Gasteiger partial charge in [0.25, 0.3) is 0 Å². The van der Waals surface area contributed by atoms with E-state index in [0.29, 0.717) is 16.6 Å². The van der Waals surface area contributed by atoms with Gasteiger partial charge >= 0.3 is 0 Å². The molecule has 0 aliphatic heterocycles. The lowest BCUT2D eigenvalue weighted by atomic mass is 10.1. The molecule has 1 N–H and O–H groups in total. The summed E-state index contributed by atoms with van der Waals surface area (Å²) < 4.78 is 34.4. The van der Waals surface area contributed by atoms with Crippen LogP contribution in [0.3, 0.4) is 0 Å². The number of fused-ring (bicyclic) bond motifs is 3. The van der Waals surface area contributed by atoms with Crippen LogP contribution in [0.5, 0.6) is 5.75 Å². The summed E-state index contributed by atoms with van der Waals surface area (Å²) in [6.07, 6.45) is 0. The minimum Gasteiger partial charge on any atom is -0.497 e. The van der Waals surface area contributed by atoms with Crippen LogP contribution < -0.4 is 10.1 Å². The van der Waals surface area contributed by atoms with Gasteiger partial charge in [-0.1, -0.05) is 11.8 Å². The number of aromatic nitrogens is 3. The third kappa shape index (κ3) is 3.68. The smallest absolute Gasteiger partial charge is 0.237 e. The highest BCUT2D eigenvalue weighted by atomic mass is 32.2. The van der Waals surface area contributed by atoms with E-state index in [1.165, 1.54) is 11.8 Å². The van der Waals surface area contributed by atoms with Crippen LogP contribution in [0.15, 0.2) is 47.6 Å². The van der Waals surface area contributed by atoms with Crippen LogP contribution >= 0.6 is 11.8 Å². The number of benzene rings is 2. The summed E-state index contributed by atoms with van der Waals surface area (Å²) in [5, 5.41) is 11.7. The topological polar surface area (TPSA) is 68.5 Å². The summed E-state index contributed by atoms with van der Waals surface area (Å²) in [5.74, 6) is -1.13. The maximum Gasteiger partial charge on any atom is 0.237 e. The monoisotopic (exact) mass is 428 g/mol. The second kappa shape index (κ2) is 7.91. The van der Waals surface area contributed by atoms with E-state index in [9.17, 15) is 13.6 Å². The minimum atomic E-state index is -0.705. The molecule has 0 saturated carbocycles. The summed E-state index contributed by atoms with van der Waals surface area (Å²) in [6.45, 7) is 3.65. The van der Waals surface area contributed by atoms with Crippen LogP contribution in [0.1, 0.15) is 12.5 Å². The number of halogens is 2. The number of amides is 1. The number of ether oxygens (including phenoxy) is 1. The normalized spacial score (nSPS) is 12.3. The molecule has 2 aromatic heterocycles. The number of thioether (sulfide) groups is 1. The maximum atomic E-state index is 13.8. The highest BCUT2D eigenvalue weighted by Crippen LogP contribution is 2.30. The average molecular weight is 428 g/mol. The molecule has 0 spiro atoms. The first kappa shape index (κ1) is 20.1. The minimum absolute atomic E-state index is 0.204. The van der Waals surface area contributed by atoms with Crippen molar-refractivity contribution in [1.82, 2.24) is 14.6 Å². The van der Waals surface area contributed by atoms with Gasteiger partial charge < -0.3 is 10.1 Å². The third-order valence-electron chi connectivity index (χ3n) is 4.71. The number of methoxy groups -OCH3 is 1. The molecule has 154 valence electrons. The van der Waals surface area contributed by atoms with Crippen molar-refractivity contribution in [1.29, 1.82) is 0 Å². The van der Waals surface area contributed by atoms with Crippen molar-refractivity contribution < 1.29 is 18.3 Å². The molecule has 1 unspecified atom stereocenters. The molecule has 0 fully saturated rings. The first-order chi connectivity index (χ1) is 14.4. The van der Waals surface area contributed by atoms with Gasteiger partial charge in [-0.25, -0.2) is 8.78 Å². The predicted octanol–water partition coefficient (Wildman–Crippen LogP) is 4.60. The Labute approximate surface area is 175 Å². The van der Waals surface area contributed by atoms with Crippen molar-refractivity contribution in [3.8, 4) is 5.75 Å². The van der Waals surface area contributed by atoms with E-state index in [2.05, 4.69) is 15.5 Å². The number of rotatable bonds is 5. The Hall–Kier alpha value is -3.20. The summed E-state index contributed by atoms with van der Waals surface area (Å²) >= 11 is 1.17. The summed E-state index contributed by atoms with van der Waals surface area (Å²) in [5.41, 5.74) is 2.32. The Balaban J connectivity index is 1.67. The first-order valence-corrected chi connectivity index (χ1v) is 10.0. The number of aryl methyl sites for hydroxylation is 1. The van der Waals surface area contributed by atoms with E-state index in [4.69, 9.17) is 4.74 Å². The van der Waals surface area contributed by atoms with Gasteiger partial charge in [-0.3, -0.25) is 9.20 Å². The summed E-state index contributed by atoms with van der Waals surface area (Å²) in [7, 11) is 1.59. The first-order valence-electron chi connectivity index (χ1n) is 9.12. The SMILES string of the molecule is COc1ccc2c(C)cc3nnc(SC(C)C(=O)Nc4cc(F)ccc4F)n3c2c1. The van der Waals surface area contributed by atoms with Crippen molar-refractivity contribution in [3.05, 3.63) is 59.7 Å². The van der Waals surface area contributed by atoms with Gasteiger partial charge in [-0.15, -0.1) is 10.2 Å². The molecule has 1 amide bonds. The number of carbonyl (C=O) groups is 1. The molecule has 0 aliphatic rings. The van der Waals surface area contributed by atoms with Gasteiger partial charge in [0.15, 0.2) is 10.8 Å². The average Bonchev–Trinajstić information content (AvgIpc) is 3.12. The van der Waals surface area contributed by atoms with Gasteiger partial charge in [0.05, 0.1) is 23.6 Å². The van der Waals surface area contributed by atoms with Crippen LogP contribution in [-0.4, -0.2) is 32.9 Å². The number of hydrogen-bond acceptors (Lipinski definition) is 5. The highest BCUT2D eigenvalue weighted by molar-refractivity contribution is 8.00. The quantitative estimate of drug-likeness (QED) is 0.471. The Kier molecular flexibility index (Phi) is 5.29. The molecular weight excluding hydrogens is 410 g/mol. The molecule has 4 rings (SSSR count). The number of pyridine rings is 1. The van der Waals surface area contributed by atoms with E-state index in [1.54, 1.807) is 14.0 Å². The third-order valence-corrected chi connectivity index (χ3v) is 5.75. The van der Waals surface area contributed by atoms with Crippen LogP contribution in [0.2, 0.25) is 0 Å². The molecule has 2 heterocycles. The second-order valence-corrected chi connectivity index (χ2v) is 8.07. The predicted molar refractivity (Wildman–Crippen MR) is 112 cm³/mol. The zero-order chi connectivity index (χ0) is 21.4. The highest BCUT2D eigenvalue weighted by Gasteiger charge is 2.21. The Morgan fingerprint density at radius 1 is 1.17 bits per heavy atom. The van der Waals surface area contributed by atoms with E-state index in [-0.39, 0.29) is 5.69 Å². The Morgan fingerprint density at radius 3 is 2.73 bits per heavy atom. The number of anilines is 1. The van der Waals surface area contributed by atoms with Gasteiger partial charge in [0.1, 0.15) is 17.4 Å². The van der Waals surface area contributed by atoms with Crippen molar-refractivity contribution in [2.45, 2.75) is 24.3 Å². The molecule has 4 aromatic rings. The molecule has 2 aromatic carbocycles. The van der Waals surface area contributed by atoms with Crippen molar-refractivity contribution in [2.24, 2.45) is 0 Å². The lowest BCUT2D eigenvalue weighted by Gasteiger charge is -2.13. The molecule has 9 heteroatoms. The van der Waals surface area contributed by atoms with Gasteiger partial charge in [0.2, 0.25) is 5.91 Å². The van der Waals surface area contributed by atoms with E-state index >= 15 is 0 Å². The number of carbonyl (C=O) groups excluding carboxylic acids is 1. The van der Waals surface area contributed by atoms with Crippen LogP contribution in [0.25, 0.3) is 16.6 Å². The van der Waals surface area contributed by atoms with Crippen molar-refractivity contribution in [3.63, 3.8) is 0 Å². The number of nitrogens with one attached hydrogen (secondary N) is 1. The van der Waals surface area contributed by atoms with Crippen molar-refractivity contribution in [2.75, 3.05) is 12.4 Å². The zero-order valence-electron chi connectivity index (χ0n) is 16.4.